The Hall–Kier alpha value is -2.16. The molecule has 1 aromatic carbocycles. The molecule has 0 bridgehead atoms. The Labute approximate surface area is 129 Å². The van der Waals surface area contributed by atoms with Gasteiger partial charge in [0.2, 0.25) is 5.91 Å². The molecule has 23 heavy (non-hydrogen) atoms. The Morgan fingerprint density at radius 3 is 2.43 bits per heavy atom. The third kappa shape index (κ3) is 4.41. The first-order valence-electron chi connectivity index (χ1n) is 6.53. The molecule has 0 aliphatic carbocycles. The van der Waals surface area contributed by atoms with Crippen LogP contribution < -0.4 is 5.32 Å². The van der Waals surface area contributed by atoms with Crippen molar-refractivity contribution in [3.05, 3.63) is 29.6 Å². The van der Waals surface area contributed by atoms with E-state index in [0.29, 0.717) is 5.56 Å². The lowest BCUT2D eigenvalue weighted by Gasteiger charge is -2.27. The van der Waals surface area contributed by atoms with Gasteiger partial charge < -0.3 is 15.2 Å². The molecule has 2 N–H and O–H groups in total. The van der Waals surface area contributed by atoms with Crippen LogP contribution in [0.25, 0.3) is 0 Å². The van der Waals surface area contributed by atoms with Gasteiger partial charge in [-0.25, -0.2) is 9.18 Å². The minimum atomic E-state index is -5.41. The highest BCUT2D eigenvalue weighted by Crippen LogP contribution is 2.34. The van der Waals surface area contributed by atoms with Crippen LogP contribution in [0.2, 0.25) is 0 Å². The Morgan fingerprint density at radius 2 is 1.91 bits per heavy atom. The summed E-state index contributed by atoms with van der Waals surface area (Å²) in [6.45, 7) is 2.35. The number of hydrogen-bond acceptors (Lipinski definition) is 4. The summed E-state index contributed by atoms with van der Waals surface area (Å²) in [6.07, 6.45) is -7.02. The zero-order valence-electron chi connectivity index (χ0n) is 12.3. The quantitative estimate of drug-likeness (QED) is 0.639. The maximum absolute atomic E-state index is 13.1. The minimum absolute atomic E-state index is 0.0663. The molecule has 0 spiro atoms. The number of aryl methyl sites for hydroxylation is 1. The van der Waals surface area contributed by atoms with Gasteiger partial charge in [0.05, 0.1) is 13.0 Å². The molecule has 1 rings (SSSR count). The number of amides is 1. The highest BCUT2D eigenvalue weighted by atomic mass is 19.4. The minimum Gasteiger partial charge on any atom is -0.464 e. The first kappa shape index (κ1) is 18.9. The molecular formula is C14H15F4NO4. The van der Waals surface area contributed by atoms with Crippen molar-refractivity contribution < 1.29 is 37.0 Å². The normalized spacial score (nSPS) is 14.0. The molecule has 0 saturated heterocycles. The zero-order chi connectivity index (χ0) is 17.8. The van der Waals surface area contributed by atoms with Crippen LogP contribution in [0, 0.1) is 12.7 Å². The lowest BCUT2D eigenvalue weighted by atomic mass is 9.98. The van der Waals surface area contributed by atoms with Crippen molar-refractivity contribution in [1.29, 1.82) is 0 Å². The summed E-state index contributed by atoms with van der Waals surface area (Å²) >= 11 is 0. The van der Waals surface area contributed by atoms with Crippen molar-refractivity contribution in [3.63, 3.8) is 0 Å². The topological polar surface area (TPSA) is 75.6 Å². The number of aliphatic hydroxyl groups is 1. The Morgan fingerprint density at radius 1 is 1.30 bits per heavy atom. The van der Waals surface area contributed by atoms with Crippen LogP contribution in [0.3, 0.4) is 0 Å². The number of ether oxygens (including phenoxy) is 1. The van der Waals surface area contributed by atoms with Gasteiger partial charge in [0.25, 0.3) is 5.60 Å². The van der Waals surface area contributed by atoms with Crippen LogP contribution in [-0.4, -0.2) is 35.4 Å². The maximum atomic E-state index is 13.1. The molecule has 0 aliphatic heterocycles. The van der Waals surface area contributed by atoms with Crippen LogP contribution >= 0.6 is 0 Å². The molecule has 1 aromatic rings. The lowest BCUT2D eigenvalue weighted by Crippen LogP contribution is -2.54. The lowest BCUT2D eigenvalue weighted by molar-refractivity contribution is -0.262. The summed E-state index contributed by atoms with van der Waals surface area (Å²) in [4.78, 5) is 23.1. The maximum Gasteiger partial charge on any atom is 0.428 e. The SMILES string of the molecule is CCOC(=O)[C@@](O)(CC(=O)Nc1cc(F)ccc1C)C(F)(F)F. The molecule has 9 heteroatoms. The highest BCUT2D eigenvalue weighted by molar-refractivity contribution is 5.96. The van der Waals surface area contributed by atoms with Crippen molar-refractivity contribution >= 4 is 17.6 Å². The third-order valence-electron chi connectivity index (χ3n) is 2.97. The van der Waals surface area contributed by atoms with Crippen LogP contribution in [0.1, 0.15) is 18.9 Å². The van der Waals surface area contributed by atoms with Gasteiger partial charge in [-0.3, -0.25) is 4.79 Å². The Bertz CT molecular complexity index is 603. The van der Waals surface area contributed by atoms with Crippen LogP contribution in [0.4, 0.5) is 23.2 Å². The third-order valence-corrected chi connectivity index (χ3v) is 2.97. The second-order valence-corrected chi connectivity index (χ2v) is 4.76. The molecule has 0 radical (unpaired) electrons. The monoisotopic (exact) mass is 337 g/mol. The molecule has 0 unspecified atom stereocenters. The van der Waals surface area contributed by atoms with Gasteiger partial charge >= 0.3 is 12.1 Å². The fourth-order valence-corrected chi connectivity index (χ4v) is 1.69. The van der Waals surface area contributed by atoms with Gasteiger partial charge in [0.15, 0.2) is 0 Å². The van der Waals surface area contributed by atoms with E-state index in [1.165, 1.54) is 19.9 Å². The first-order chi connectivity index (χ1) is 10.5. The van der Waals surface area contributed by atoms with Crippen molar-refractivity contribution in [2.45, 2.75) is 32.0 Å². The summed E-state index contributed by atoms with van der Waals surface area (Å²) in [7, 11) is 0. The van der Waals surface area contributed by atoms with Gasteiger partial charge in [-0.1, -0.05) is 6.07 Å². The van der Waals surface area contributed by atoms with Crippen molar-refractivity contribution in [1.82, 2.24) is 0 Å². The van der Waals surface area contributed by atoms with E-state index in [9.17, 15) is 32.3 Å². The molecule has 0 aliphatic rings. The molecule has 0 fully saturated rings. The summed E-state index contributed by atoms with van der Waals surface area (Å²) in [5, 5.41) is 11.6. The van der Waals surface area contributed by atoms with E-state index in [0.717, 1.165) is 12.1 Å². The van der Waals surface area contributed by atoms with Gasteiger partial charge in [0, 0.05) is 5.69 Å². The standard InChI is InChI=1S/C14H15F4NO4/c1-3-23-12(21)13(22,14(16,17)18)7-11(20)19-10-6-9(15)5-4-8(10)2/h4-6,22H,3,7H2,1-2H3,(H,19,20)/t13-/m0/s1. The average molecular weight is 337 g/mol. The number of hydrogen-bond donors (Lipinski definition) is 2. The number of esters is 1. The number of halogens is 4. The van der Waals surface area contributed by atoms with E-state index < -0.39 is 42.5 Å². The predicted octanol–water partition coefficient (Wildman–Crippen LogP) is 2.32. The number of alkyl halides is 3. The van der Waals surface area contributed by atoms with E-state index in [2.05, 4.69) is 4.74 Å². The second-order valence-electron chi connectivity index (χ2n) is 4.76. The number of benzene rings is 1. The number of rotatable bonds is 5. The average Bonchev–Trinajstić information content (AvgIpc) is 2.41. The number of nitrogens with one attached hydrogen (secondary N) is 1. The summed E-state index contributed by atoms with van der Waals surface area (Å²) in [5.74, 6) is -3.99. The number of carbonyl (C=O) groups excluding carboxylic acids is 2. The summed E-state index contributed by atoms with van der Waals surface area (Å²) < 4.78 is 56.1. The van der Waals surface area contributed by atoms with Crippen LogP contribution in [0.5, 0.6) is 0 Å². The second kappa shape index (κ2) is 6.95. The molecule has 0 aromatic heterocycles. The Kier molecular flexibility index (Phi) is 5.70. The van der Waals surface area contributed by atoms with Crippen molar-refractivity contribution in [3.8, 4) is 0 Å². The van der Waals surface area contributed by atoms with Gasteiger partial charge in [-0.05, 0) is 31.5 Å². The molecule has 0 heterocycles. The van der Waals surface area contributed by atoms with Crippen molar-refractivity contribution in [2.75, 3.05) is 11.9 Å². The molecule has 0 saturated carbocycles. The van der Waals surface area contributed by atoms with E-state index in [1.807, 2.05) is 5.32 Å². The van der Waals surface area contributed by atoms with E-state index in [-0.39, 0.29) is 5.69 Å². The molecule has 1 amide bonds. The fourth-order valence-electron chi connectivity index (χ4n) is 1.69. The molecule has 128 valence electrons. The summed E-state index contributed by atoms with van der Waals surface area (Å²) in [5.41, 5.74) is -3.65. The van der Waals surface area contributed by atoms with Gasteiger partial charge in [-0.15, -0.1) is 0 Å². The van der Waals surface area contributed by atoms with E-state index in [4.69, 9.17) is 0 Å². The van der Waals surface area contributed by atoms with Gasteiger partial charge in [-0.2, -0.15) is 13.2 Å². The Balaban J connectivity index is 2.98. The van der Waals surface area contributed by atoms with E-state index >= 15 is 0 Å². The highest BCUT2D eigenvalue weighted by Gasteiger charge is 2.61. The number of anilines is 1. The van der Waals surface area contributed by atoms with Gasteiger partial charge in [0.1, 0.15) is 5.82 Å². The first-order valence-corrected chi connectivity index (χ1v) is 6.53. The smallest absolute Gasteiger partial charge is 0.428 e. The van der Waals surface area contributed by atoms with Crippen molar-refractivity contribution in [2.24, 2.45) is 0 Å². The zero-order valence-corrected chi connectivity index (χ0v) is 12.3. The molecular weight excluding hydrogens is 322 g/mol. The molecule has 1 atom stereocenters. The molecule has 5 nitrogen and oxygen atoms in total. The predicted molar refractivity (Wildman–Crippen MR) is 72.0 cm³/mol. The largest absolute Gasteiger partial charge is 0.464 e. The fraction of sp³-hybridized carbons (Fsp3) is 0.429. The van der Waals surface area contributed by atoms with E-state index in [1.54, 1.807) is 0 Å². The van der Waals surface area contributed by atoms with Crippen LogP contribution in [-0.2, 0) is 14.3 Å². The van der Waals surface area contributed by atoms with Crippen LogP contribution in [0.15, 0.2) is 18.2 Å². The summed E-state index contributed by atoms with van der Waals surface area (Å²) in [6, 6.07) is 3.33. The number of carbonyl (C=O) groups is 2.